The fourth-order valence-electron chi connectivity index (χ4n) is 1.69. The van der Waals surface area contributed by atoms with Crippen LogP contribution in [0.15, 0.2) is 24.3 Å². The van der Waals surface area contributed by atoms with Gasteiger partial charge in [0.05, 0.1) is 10.6 Å². The first-order valence-corrected chi connectivity index (χ1v) is 5.41. The van der Waals surface area contributed by atoms with Crippen LogP contribution in [0.4, 0.5) is 0 Å². The maximum atomic E-state index is 11.8. The third-order valence-corrected chi connectivity index (χ3v) is 2.84. The molecule has 2 rings (SSSR count). The molecule has 1 aromatic rings. The van der Waals surface area contributed by atoms with Crippen molar-refractivity contribution in [1.29, 1.82) is 0 Å². The minimum Gasteiger partial charge on any atom is -0.348 e. The van der Waals surface area contributed by atoms with Gasteiger partial charge in [-0.05, 0) is 25.1 Å². The van der Waals surface area contributed by atoms with Gasteiger partial charge in [0, 0.05) is 12.6 Å². The zero-order valence-electron chi connectivity index (χ0n) is 8.70. The third kappa shape index (κ3) is 3.11. The van der Waals surface area contributed by atoms with Crippen molar-refractivity contribution in [2.24, 2.45) is 0 Å². The Morgan fingerprint density at radius 1 is 1.44 bits per heavy atom. The molecule has 0 aromatic heterocycles. The number of carbonyl (C=O) groups is 1. The van der Waals surface area contributed by atoms with Crippen molar-refractivity contribution in [3.63, 3.8) is 0 Å². The highest BCUT2D eigenvalue weighted by Gasteiger charge is 2.18. The standard InChI is InChI=1S/C11H13ClN2O.ClH/c12-10-4-2-1-3-9(10)11(15)14-8-5-6-13-7-8;/h1-4,8,13H,5-7H2,(H,14,15);1H. The molecule has 5 heteroatoms. The van der Waals surface area contributed by atoms with Gasteiger partial charge in [0.15, 0.2) is 0 Å². The summed E-state index contributed by atoms with van der Waals surface area (Å²) in [5.74, 6) is -0.0886. The van der Waals surface area contributed by atoms with Gasteiger partial charge in [0.1, 0.15) is 0 Å². The molecule has 1 saturated heterocycles. The van der Waals surface area contributed by atoms with Crippen LogP contribution in [0.5, 0.6) is 0 Å². The number of amides is 1. The number of benzene rings is 1. The van der Waals surface area contributed by atoms with Gasteiger partial charge in [0.2, 0.25) is 0 Å². The van der Waals surface area contributed by atoms with E-state index < -0.39 is 0 Å². The van der Waals surface area contributed by atoms with Gasteiger partial charge in [-0.15, -0.1) is 12.4 Å². The zero-order chi connectivity index (χ0) is 10.7. The highest BCUT2D eigenvalue weighted by Crippen LogP contribution is 2.15. The Hall–Kier alpha value is -0.770. The minimum absolute atomic E-state index is 0. The number of nitrogens with one attached hydrogen (secondary N) is 2. The SMILES string of the molecule is Cl.O=C(NC1CCNC1)c1ccccc1Cl. The molecule has 0 spiro atoms. The van der Waals surface area contributed by atoms with E-state index in [1.165, 1.54) is 0 Å². The molecular formula is C11H14Cl2N2O. The van der Waals surface area contributed by atoms with Gasteiger partial charge < -0.3 is 10.6 Å². The first kappa shape index (κ1) is 13.3. The Morgan fingerprint density at radius 2 is 2.19 bits per heavy atom. The summed E-state index contributed by atoms with van der Waals surface area (Å²) >= 11 is 5.93. The molecule has 0 bridgehead atoms. The number of halogens is 2. The highest BCUT2D eigenvalue weighted by atomic mass is 35.5. The van der Waals surface area contributed by atoms with E-state index in [1.807, 2.05) is 12.1 Å². The first-order chi connectivity index (χ1) is 7.27. The molecule has 1 aliphatic rings. The first-order valence-electron chi connectivity index (χ1n) is 5.03. The number of rotatable bonds is 2. The highest BCUT2D eigenvalue weighted by molar-refractivity contribution is 6.33. The normalized spacial score (nSPS) is 18.9. The van der Waals surface area contributed by atoms with Crippen LogP contribution in [0, 0.1) is 0 Å². The van der Waals surface area contributed by atoms with Gasteiger partial charge in [-0.1, -0.05) is 23.7 Å². The summed E-state index contributed by atoms with van der Waals surface area (Å²) in [6.07, 6.45) is 0.982. The maximum Gasteiger partial charge on any atom is 0.253 e. The Kier molecular flexibility index (Phi) is 5.06. The van der Waals surface area contributed by atoms with Crippen molar-refractivity contribution in [3.05, 3.63) is 34.9 Å². The molecule has 88 valence electrons. The topological polar surface area (TPSA) is 41.1 Å². The van der Waals surface area contributed by atoms with E-state index in [-0.39, 0.29) is 24.4 Å². The fraction of sp³-hybridized carbons (Fsp3) is 0.364. The fourth-order valence-corrected chi connectivity index (χ4v) is 1.91. The predicted octanol–water partition coefficient (Wildman–Crippen LogP) is 1.85. The quantitative estimate of drug-likeness (QED) is 0.853. The van der Waals surface area contributed by atoms with Gasteiger partial charge in [-0.2, -0.15) is 0 Å². The summed E-state index contributed by atoms with van der Waals surface area (Å²) in [6, 6.07) is 7.32. The van der Waals surface area contributed by atoms with E-state index >= 15 is 0 Å². The van der Waals surface area contributed by atoms with Gasteiger partial charge in [-0.3, -0.25) is 4.79 Å². The Balaban J connectivity index is 0.00000128. The zero-order valence-corrected chi connectivity index (χ0v) is 10.3. The molecule has 1 heterocycles. The summed E-state index contributed by atoms with van der Waals surface area (Å²) in [6.45, 7) is 1.81. The summed E-state index contributed by atoms with van der Waals surface area (Å²) in [5.41, 5.74) is 0.547. The average molecular weight is 261 g/mol. The molecule has 0 saturated carbocycles. The van der Waals surface area contributed by atoms with E-state index in [4.69, 9.17) is 11.6 Å². The number of carbonyl (C=O) groups excluding carboxylic acids is 1. The molecule has 16 heavy (non-hydrogen) atoms. The molecule has 1 amide bonds. The molecular weight excluding hydrogens is 247 g/mol. The molecule has 2 N–H and O–H groups in total. The second kappa shape index (κ2) is 6.09. The average Bonchev–Trinajstić information content (AvgIpc) is 2.71. The van der Waals surface area contributed by atoms with Crippen LogP contribution < -0.4 is 10.6 Å². The molecule has 3 nitrogen and oxygen atoms in total. The van der Waals surface area contributed by atoms with E-state index in [0.717, 1.165) is 19.5 Å². The van der Waals surface area contributed by atoms with E-state index in [0.29, 0.717) is 10.6 Å². The van der Waals surface area contributed by atoms with E-state index in [2.05, 4.69) is 10.6 Å². The molecule has 0 aliphatic carbocycles. The molecule has 1 fully saturated rings. The van der Waals surface area contributed by atoms with Crippen molar-refractivity contribution in [2.45, 2.75) is 12.5 Å². The Bertz CT molecular complexity index is 365. The van der Waals surface area contributed by atoms with E-state index in [1.54, 1.807) is 12.1 Å². The van der Waals surface area contributed by atoms with Crippen molar-refractivity contribution < 1.29 is 4.79 Å². The maximum absolute atomic E-state index is 11.8. The van der Waals surface area contributed by atoms with Gasteiger partial charge >= 0.3 is 0 Å². The molecule has 0 radical (unpaired) electrons. The lowest BCUT2D eigenvalue weighted by Crippen LogP contribution is -2.36. The summed E-state index contributed by atoms with van der Waals surface area (Å²) in [4.78, 5) is 11.8. The molecule has 1 unspecified atom stereocenters. The monoisotopic (exact) mass is 260 g/mol. The van der Waals surface area contributed by atoms with E-state index in [9.17, 15) is 4.79 Å². The lowest BCUT2D eigenvalue weighted by molar-refractivity contribution is 0.0940. The lowest BCUT2D eigenvalue weighted by Gasteiger charge is -2.11. The second-order valence-corrected chi connectivity index (χ2v) is 4.05. The van der Waals surface area contributed by atoms with Crippen LogP contribution in [-0.2, 0) is 0 Å². The van der Waals surface area contributed by atoms with Crippen LogP contribution in [0.25, 0.3) is 0 Å². The predicted molar refractivity (Wildman–Crippen MR) is 67.4 cm³/mol. The molecule has 1 atom stereocenters. The van der Waals surface area contributed by atoms with Crippen LogP contribution in [0.3, 0.4) is 0 Å². The van der Waals surface area contributed by atoms with Crippen molar-refractivity contribution in [2.75, 3.05) is 13.1 Å². The summed E-state index contributed by atoms with van der Waals surface area (Å²) in [5, 5.41) is 6.65. The van der Waals surface area contributed by atoms with Gasteiger partial charge in [0.25, 0.3) is 5.91 Å². The number of hydrogen-bond acceptors (Lipinski definition) is 2. The third-order valence-electron chi connectivity index (χ3n) is 2.51. The van der Waals surface area contributed by atoms with Crippen LogP contribution in [0.1, 0.15) is 16.8 Å². The Labute approximate surface area is 106 Å². The van der Waals surface area contributed by atoms with Crippen molar-refractivity contribution in [3.8, 4) is 0 Å². The molecule has 1 aliphatic heterocycles. The lowest BCUT2D eigenvalue weighted by atomic mass is 10.2. The summed E-state index contributed by atoms with van der Waals surface area (Å²) in [7, 11) is 0. The molecule has 1 aromatic carbocycles. The van der Waals surface area contributed by atoms with Crippen LogP contribution >= 0.6 is 24.0 Å². The Morgan fingerprint density at radius 3 is 2.81 bits per heavy atom. The minimum atomic E-state index is -0.0886. The second-order valence-electron chi connectivity index (χ2n) is 3.64. The smallest absolute Gasteiger partial charge is 0.253 e. The van der Waals surface area contributed by atoms with Crippen LogP contribution in [-0.4, -0.2) is 25.0 Å². The van der Waals surface area contributed by atoms with Crippen molar-refractivity contribution >= 4 is 29.9 Å². The number of hydrogen-bond donors (Lipinski definition) is 2. The largest absolute Gasteiger partial charge is 0.348 e. The van der Waals surface area contributed by atoms with Crippen LogP contribution in [0.2, 0.25) is 5.02 Å². The van der Waals surface area contributed by atoms with Gasteiger partial charge in [-0.25, -0.2) is 0 Å². The summed E-state index contributed by atoms with van der Waals surface area (Å²) < 4.78 is 0. The van der Waals surface area contributed by atoms with Crippen molar-refractivity contribution in [1.82, 2.24) is 10.6 Å².